The van der Waals surface area contributed by atoms with E-state index in [1.165, 1.54) is 12.1 Å². The number of benzene rings is 1. The maximum Gasteiger partial charge on any atom is 0.323 e. The third-order valence-corrected chi connectivity index (χ3v) is 2.75. The maximum atomic E-state index is 12.2. The highest BCUT2D eigenvalue weighted by Crippen LogP contribution is 2.19. The molecule has 6 nitrogen and oxygen atoms in total. The second-order valence-corrected chi connectivity index (χ2v) is 4.31. The van der Waals surface area contributed by atoms with Crippen molar-refractivity contribution in [1.82, 2.24) is 10.1 Å². The summed E-state index contributed by atoms with van der Waals surface area (Å²) in [6.07, 6.45) is 1.45. The maximum absolute atomic E-state index is 12.2. The zero-order valence-electron chi connectivity index (χ0n) is 11.2. The van der Waals surface area contributed by atoms with E-state index in [4.69, 9.17) is 9.63 Å². The van der Waals surface area contributed by atoms with Crippen LogP contribution in [0.5, 0.6) is 0 Å². The van der Waals surface area contributed by atoms with Crippen LogP contribution in [0.4, 0.5) is 0 Å². The molecule has 21 heavy (non-hydrogen) atoms. The fourth-order valence-electron chi connectivity index (χ4n) is 1.82. The minimum absolute atomic E-state index is 0.00282. The fraction of sp³-hybridized carbons (Fsp3) is 0.133. The van der Waals surface area contributed by atoms with Gasteiger partial charge in [0, 0.05) is 18.2 Å². The van der Waals surface area contributed by atoms with E-state index in [0.29, 0.717) is 5.69 Å². The van der Waals surface area contributed by atoms with Gasteiger partial charge in [-0.1, -0.05) is 41.6 Å². The quantitative estimate of drug-likeness (QED) is 0.822. The molecular formula is C15H14N2O4. The summed E-state index contributed by atoms with van der Waals surface area (Å²) in [5.41, 5.74) is 1.33. The monoisotopic (exact) mass is 286 g/mol. The number of nitrogens with zero attached hydrogens (tertiary/aromatic N) is 2. The molecule has 0 atom stereocenters. The zero-order valence-corrected chi connectivity index (χ0v) is 11.2. The molecule has 0 saturated heterocycles. The number of carbonyl (C=O) groups excluding carboxylic acids is 1. The normalized spacial score (nSPS) is 10.1. The van der Waals surface area contributed by atoms with Crippen molar-refractivity contribution >= 4 is 11.9 Å². The summed E-state index contributed by atoms with van der Waals surface area (Å²) in [5, 5.41) is 12.6. The minimum Gasteiger partial charge on any atom is -0.480 e. The van der Waals surface area contributed by atoms with Crippen molar-refractivity contribution < 1.29 is 19.2 Å². The number of amides is 1. The minimum atomic E-state index is -1.10. The number of carboxylic acids is 1. The van der Waals surface area contributed by atoms with Crippen LogP contribution in [0.1, 0.15) is 10.6 Å². The molecule has 1 aromatic heterocycles. The lowest BCUT2D eigenvalue weighted by atomic mass is 10.1. The lowest BCUT2D eigenvalue weighted by molar-refractivity contribution is -0.137. The topological polar surface area (TPSA) is 83.6 Å². The Labute approximate surface area is 121 Å². The van der Waals surface area contributed by atoms with E-state index in [2.05, 4.69) is 11.7 Å². The van der Waals surface area contributed by atoms with Crippen molar-refractivity contribution in [3.63, 3.8) is 0 Å². The first-order valence-electron chi connectivity index (χ1n) is 6.26. The molecule has 2 aromatic rings. The largest absolute Gasteiger partial charge is 0.480 e. The number of rotatable bonds is 6. The summed E-state index contributed by atoms with van der Waals surface area (Å²) in [6.45, 7) is 3.20. The number of hydrogen-bond donors (Lipinski definition) is 1. The first kappa shape index (κ1) is 14.5. The lowest BCUT2D eigenvalue weighted by Gasteiger charge is -2.16. The van der Waals surface area contributed by atoms with Crippen LogP contribution in [-0.4, -0.2) is 40.1 Å². The highest BCUT2D eigenvalue weighted by atomic mass is 16.5. The molecule has 0 saturated carbocycles. The smallest absolute Gasteiger partial charge is 0.323 e. The van der Waals surface area contributed by atoms with Crippen molar-refractivity contribution in [2.75, 3.05) is 13.1 Å². The van der Waals surface area contributed by atoms with Gasteiger partial charge in [0.15, 0.2) is 0 Å². The van der Waals surface area contributed by atoms with Gasteiger partial charge in [0.25, 0.3) is 5.91 Å². The van der Waals surface area contributed by atoms with Crippen LogP contribution in [0, 0.1) is 0 Å². The van der Waals surface area contributed by atoms with Gasteiger partial charge in [-0.15, -0.1) is 6.58 Å². The van der Waals surface area contributed by atoms with E-state index in [-0.39, 0.29) is 12.3 Å². The molecule has 0 unspecified atom stereocenters. The van der Waals surface area contributed by atoms with Crippen molar-refractivity contribution in [3.8, 4) is 11.3 Å². The van der Waals surface area contributed by atoms with Gasteiger partial charge in [0.1, 0.15) is 12.2 Å². The van der Waals surface area contributed by atoms with Gasteiger partial charge in [-0.05, 0) is 0 Å². The van der Waals surface area contributed by atoms with Crippen LogP contribution >= 0.6 is 0 Å². The van der Waals surface area contributed by atoms with Crippen LogP contribution in [0.3, 0.4) is 0 Å². The first-order chi connectivity index (χ1) is 10.1. The molecule has 1 heterocycles. The zero-order chi connectivity index (χ0) is 15.2. The van der Waals surface area contributed by atoms with Crippen molar-refractivity contribution in [3.05, 3.63) is 54.8 Å². The molecule has 0 fully saturated rings. The molecule has 2 rings (SSSR count). The molecular weight excluding hydrogens is 272 g/mol. The molecule has 108 valence electrons. The van der Waals surface area contributed by atoms with Crippen molar-refractivity contribution in [1.29, 1.82) is 0 Å². The van der Waals surface area contributed by atoms with Crippen LogP contribution < -0.4 is 0 Å². The van der Waals surface area contributed by atoms with Gasteiger partial charge in [0.05, 0.1) is 0 Å². The molecule has 6 heteroatoms. The number of carbonyl (C=O) groups is 2. The van der Waals surface area contributed by atoms with Crippen LogP contribution in [0.15, 0.2) is 53.6 Å². The highest BCUT2D eigenvalue weighted by molar-refractivity contribution is 5.94. The van der Waals surface area contributed by atoms with Gasteiger partial charge >= 0.3 is 5.97 Å². The summed E-state index contributed by atoms with van der Waals surface area (Å²) < 4.78 is 5.02. The molecule has 1 amide bonds. The van der Waals surface area contributed by atoms with Crippen molar-refractivity contribution in [2.45, 2.75) is 0 Å². The number of aromatic nitrogens is 1. The summed E-state index contributed by atoms with van der Waals surface area (Å²) >= 11 is 0. The molecule has 1 N–H and O–H groups in total. The molecule has 0 aliphatic heterocycles. The Morgan fingerprint density at radius 2 is 2.05 bits per heavy atom. The average molecular weight is 286 g/mol. The summed E-state index contributed by atoms with van der Waals surface area (Å²) in [7, 11) is 0. The highest BCUT2D eigenvalue weighted by Gasteiger charge is 2.22. The van der Waals surface area contributed by atoms with E-state index >= 15 is 0 Å². The van der Waals surface area contributed by atoms with Crippen LogP contribution in [0.2, 0.25) is 0 Å². The Balaban J connectivity index is 2.21. The molecule has 0 aliphatic carbocycles. The predicted molar refractivity (Wildman–Crippen MR) is 75.7 cm³/mol. The molecule has 0 aliphatic rings. The molecule has 0 spiro atoms. The fourth-order valence-corrected chi connectivity index (χ4v) is 1.82. The second kappa shape index (κ2) is 6.51. The van der Waals surface area contributed by atoms with E-state index in [0.717, 1.165) is 10.5 Å². The number of hydrogen-bond acceptors (Lipinski definition) is 4. The van der Waals surface area contributed by atoms with Gasteiger partial charge in [-0.2, -0.15) is 0 Å². The van der Waals surface area contributed by atoms with E-state index < -0.39 is 18.4 Å². The van der Waals surface area contributed by atoms with Gasteiger partial charge in [0.2, 0.25) is 5.76 Å². The summed E-state index contributed by atoms with van der Waals surface area (Å²) in [6, 6.07) is 10.7. The van der Waals surface area contributed by atoms with Gasteiger partial charge in [-0.3, -0.25) is 9.59 Å². The van der Waals surface area contributed by atoms with Gasteiger partial charge in [-0.25, -0.2) is 0 Å². The second-order valence-electron chi connectivity index (χ2n) is 4.31. The predicted octanol–water partition coefficient (Wildman–Crippen LogP) is 2.05. The van der Waals surface area contributed by atoms with Crippen molar-refractivity contribution in [2.24, 2.45) is 0 Å². The van der Waals surface area contributed by atoms with E-state index in [1.807, 2.05) is 30.3 Å². The van der Waals surface area contributed by atoms with E-state index in [1.54, 1.807) is 0 Å². The van der Waals surface area contributed by atoms with Gasteiger partial charge < -0.3 is 14.5 Å². The Hall–Kier alpha value is -2.89. The van der Waals surface area contributed by atoms with Crippen LogP contribution in [0.25, 0.3) is 11.3 Å². The van der Waals surface area contributed by atoms with Crippen LogP contribution in [-0.2, 0) is 4.79 Å². The Bertz CT molecular complexity index is 649. The lowest BCUT2D eigenvalue weighted by Crippen LogP contribution is -2.35. The summed E-state index contributed by atoms with van der Waals surface area (Å²) in [5.74, 6) is -1.64. The number of carboxylic acid groups (broad SMARTS) is 1. The molecule has 1 aromatic carbocycles. The molecule has 0 bridgehead atoms. The molecule has 0 radical (unpaired) electrons. The average Bonchev–Trinajstić information content (AvgIpc) is 2.96. The number of aliphatic carboxylic acids is 1. The Morgan fingerprint density at radius 3 is 2.67 bits per heavy atom. The SMILES string of the molecule is C=CCN(CC(=O)O)C(=O)c1cc(-c2ccccc2)no1. The standard InChI is InChI=1S/C15H14N2O4/c1-2-8-17(10-14(18)19)15(20)13-9-12(16-21-13)11-6-4-3-5-7-11/h2-7,9H,1,8,10H2,(H,18,19). The summed E-state index contributed by atoms with van der Waals surface area (Å²) in [4.78, 5) is 24.1. The Kier molecular flexibility index (Phi) is 4.50. The third kappa shape index (κ3) is 3.56. The Morgan fingerprint density at radius 1 is 1.33 bits per heavy atom. The first-order valence-corrected chi connectivity index (χ1v) is 6.26. The van der Waals surface area contributed by atoms with E-state index in [9.17, 15) is 9.59 Å². The third-order valence-electron chi connectivity index (χ3n) is 2.75.